The number of anilines is 1. The molecular formula is C9H10ClN3S2. The van der Waals surface area contributed by atoms with E-state index in [1.54, 1.807) is 11.3 Å². The average Bonchev–Trinajstić information content (AvgIpc) is 2.76. The third-order valence-electron chi connectivity index (χ3n) is 2.56. The van der Waals surface area contributed by atoms with Gasteiger partial charge in [-0.15, -0.1) is 11.3 Å². The SMILES string of the molecule is CC1(NC2=NSc3sc(Cl)cc3N2)CC1. The van der Waals surface area contributed by atoms with E-state index in [1.807, 2.05) is 6.07 Å². The third kappa shape index (κ3) is 1.96. The minimum absolute atomic E-state index is 0.254. The van der Waals surface area contributed by atoms with Gasteiger partial charge >= 0.3 is 0 Å². The Hall–Kier alpha value is -0.390. The molecule has 0 spiro atoms. The molecule has 2 aliphatic rings. The quantitative estimate of drug-likeness (QED) is 0.760. The molecule has 0 atom stereocenters. The van der Waals surface area contributed by atoms with Gasteiger partial charge in [0.15, 0.2) is 0 Å². The van der Waals surface area contributed by atoms with E-state index in [-0.39, 0.29) is 5.54 Å². The van der Waals surface area contributed by atoms with Crippen LogP contribution in [0.25, 0.3) is 0 Å². The van der Waals surface area contributed by atoms with Crippen molar-refractivity contribution in [3.05, 3.63) is 10.4 Å². The van der Waals surface area contributed by atoms with Gasteiger partial charge in [0.1, 0.15) is 4.21 Å². The molecule has 1 fully saturated rings. The highest BCUT2D eigenvalue weighted by Gasteiger charge is 2.38. The Morgan fingerprint density at radius 1 is 1.60 bits per heavy atom. The Balaban J connectivity index is 1.76. The number of nitrogens with zero attached hydrogens (tertiary/aromatic N) is 1. The van der Waals surface area contributed by atoms with E-state index in [1.165, 1.54) is 24.8 Å². The van der Waals surface area contributed by atoms with Gasteiger partial charge in [0.25, 0.3) is 0 Å². The molecule has 0 bridgehead atoms. The Morgan fingerprint density at radius 2 is 2.40 bits per heavy atom. The van der Waals surface area contributed by atoms with Gasteiger partial charge in [-0.25, -0.2) is 0 Å². The number of guanidine groups is 1. The van der Waals surface area contributed by atoms with Gasteiger partial charge in [-0.2, -0.15) is 4.40 Å². The zero-order valence-electron chi connectivity index (χ0n) is 8.13. The molecule has 1 aliphatic heterocycles. The van der Waals surface area contributed by atoms with Crippen LogP contribution in [0.15, 0.2) is 14.7 Å². The number of nitrogens with one attached hydrogen (secondary N) is 2. The van der Waals surface area contributed by atoms with Gasteiger partial charge in [0.2, 0.25) is 5.96 Å². The first-order valence-electron chi connectivity index (χ1n) is 4.74. The highest BCUT2D eigenvalue weighted by Crippen LogP contribution is 2.42. The molecule has 80 valence electrons. The Morgan fingerprint density at radius 3 is 3.13 bits per heavy atom. The Labute approximate surface area is 101 Å². The molecule has 3 rings (SSSR count). The van der Waals surface area contributed by atoms with Crippen molar-refractivity contribution >= 4 is 46.5 Å². The smallest absolute Gasteiger partial charge is 0.208 e. The molecule has 1 aliphatic carbocycles. The second-order valence-electron chi connectivity index (χ2n) is 4.09. The molecule has 1 saturated carbocycles. The normalized spacial score (nSPS) is 21.3. The van der Waals surface area contributed by atoms with Crippen molar-refractivity contribution in [2.75, 3.05) is 5.32 Å². The van der Waals surface area contributed by atoms with E-state index in [2.05, 4.69) is 22.0 Å². The largest absolute Gasteiger partial charge is 0.350 e. The summed E-state index contributed by atoms with van der Waals surface area (Å²) >= 11 is 8.98. The summed E-state index contributed by atoms with van der Waals surface area (Å²) in [5.74, 6) is 0.849. The molecule has 1 aromatic rings. The molecule has 3 nitrogen and oxygen atoms in total. The van der Waals surface area contributed by atoms with E-state index < -0.39 is 0 Å². The maximum absolute atomic E-state index is 5.94. The van der Waals surface area contributed by atoms with E-state index >= 15 is 0 Å². The lowest BCUT2D eigenvalue weighted by Crippen LogP contribution is -2.39. The fourth-order valence-electron chi connectivity index (χ4n) is 1.39. The van der Waals surface area contributed by atoms with Crippen molar-refractivity contribution in [1.82, 2.24) is 5.32 Å². The summed E-state index contributed by atoms with van der Waals surface area (Å²) in [6.07, 6.45) is 2.44. The molecule has 6 heteroatoms. The molecule has 0 unspecified atom stereocenters. The zero-order chi connectivity index (χ0) is 10.5. The average molecular weight is 260 g/mol. The van der Waals surface area contributed by atoms with Crippen LogP contribution in [0.3, 0.4) is 0 Å². The van der Waals surface area contributed by atoms with Crippen molar-refractivity contribution in [3.63, 3.8) is 0 Å². The summed E-state index contributed by atoms with van der Waals surface area (Å²) < 4.78 is 6.30. The summed E-state index contributed by atoms with van der Waals surface area (Å²) in [4.78, 5) is 0. The molecule has 0 radical (unpaired) electrons. The molecule has 1 aromatic heterocycles. The second kappa shape index (κ2) is 3.30. The van der Waals surface area contributed by atoms with Crippen molar-refractivity contribution in [1.29, 1.82) is 0 Å². The molecule has 15 heavy (non-hydrogen) atoms. The van der Waals surface area contributed by atoms with E-state index in [0.29, 0.717) is 0 Å². The maximum atomic E-state index is 5.94. The lowest BCUT2D eigenvalue weighted by Gasteiger charge is -2.19. The Kier molecular flexibility index (Phi) is 2.16. The van der Waals surface area contributed by atoms with E-state index in [0.717, 1.165) is 20.2 Å². The minimum Gasteiger partial charge on any atom is -0.350 e. The third-order valence-corrected chi connectivity index (χ3v) is 4.75. The lowest BCUT2D eigenvalue weighted by molar-refractivity contribution is 0.666. The van der Waals surface area contributed by atoms with Gasteiger partial charge in [0, 0.05) is 17.5 Å². The van der Waals surface area contributed by atoms with Gasteiger partial charge in [-0.05, 0) is 25.8 Å². The predicted octanol–water partition coefficient (Wildman–Crippen LogP) is 3.33. The van der Waals surface area contributed by atoms with Crippen LogP contribution >= 0.6 is 34.9 Å². The van der Waals surface area contributed by atoms with Crippen LogP contribution in [0.1, 0.15) is 19.8 Å². The van der Waals surface area contributed by atoms with Crippen LogP contribution in [-0.2, 0) is 0 Å². The highest BCUT2D eigenvalue weighted by molar-refractivity contribution is 8.00. The summed E-state index contributed by atoms with van der Waals surface area (Å²) in [5.41, 5.74) is 1.32. The number of rotatable bonds is 1. The summed E-state index contributed by atoms with van der Waals surface area (Å²) in [6, 6.07) is 1.94. The summed E-state index contributed by atoms with van der Waals surface area (Å²) in [6.45, 7) is 2.21. The second-order valence-corrected chi connectivity index (χ2v) is 6.81. The molecule has 2 heterocycles. The number of hydrogen-bond donors (Lipinski definition) is 2. The first kappa shape index (κ1) is 9.81. The predicted molar refractivity (Wildman–Crippen MR) is 67.0 cm³/mol. The van der Waals surface area contributed by atoms with Crippen molar-refractivity contribution in [2.24, 2.45) is 4.40 Å². The molecular weight excluding hydrogens is 250 g/mol. The van der Waals surface area contributed by atoms with Gasteiger partial charge in [0.05, 0.1) is 10.0 Å². The van der Waals surface area contributed by atoms with Crippen molar-refractivity contribution in [2.45, 2.75) is 29.5 Å². The molecule has 0 saturated heterocycles. The van der Waals surface area contributed by atoms with Crippen LogP contribution in [-0.4, -0.2) is 11.5 Å². The topological polar surface area (TPSA) is 36.4 Å². The van der Waals surface area contributed by atoms with Crippen molar-refractivity contribution in [3.8, 4) is 0 Å². The lowest BCUT2D eigenvalue weighted by atomic mass is 10.3. The van der Waals surface area contributed by atoms with Crippen LogP contribution in [0.2, 0.25) is 4.34 Å². The maximum Gasteiger partial charge on any atom is 0.208 e. The minimum atomic E-state index is 0.254. The number of fused-ring (bicyclic) bond motifs is 1. The highest BCUT2D eigenvalue weighted by atomic mass is 35.5. The standard InChI is InChI=1S/C9H10ClN3S2/c1-9(2-3-9)12-8-11-5-4-6(10)14-7(5)15-13-8/h4H,2-3H2,1H3,(H2,11,12,13). The van der Waals surface area contributed by atoms with Crippen LogP contribution < -0.4 is 10.6 Å². The van der Waals surface area contributed by atoms with E-state index in [4.69, 9.17) is 11.6 Å². The van der Waals surface area contributed by atoms with Gasteiger partial charge < -0.3 is 10.6 Å². The first-order chi connectivity index (χ1) is 7.15. The van der Waals surface area contributed by atoms with E-state index in [9.17, 15) is 0 Å². The zero-order valence-corrected chi connectivity index (χ0v) is 10.5. The van der Waals surface area contributed by atoms with Crippen LogP contribution in [0.4, 0.5) is 5.69 Å². The van der Waals surface area contributed by atoms with Crippen LogP contribution in [0.5, 0.6) is 0 Å². The number of hydrogen-bond acceptors (Lipinski definition) is 5. The summed E-state index contributed by atoms with van der Waals surface area (Å²) in [5, 5.41) is 6.66. The molecule has 0 amide bonds. The van der Waals surface area contributed by atoms with Crippen LogP contribution in [0, 0.1) is 0 Å². The van der Waals surface area contributed by atoms with Crippen molar-refractivity contribution < 1.29 is 0 Å². The first-order valence-corrected chi connectivity index (χ1v) is 6.71. The number of halogens is 1. The molecule has 0 aromatic carbocycles. The Bertz CT molecular complexity index is 437. The summed E-state index contributed by atoms with van der Waals surface area (Å²) in [7, 11) is 0. The molecule has 2 N–H and O–H groups in total. The fourth-order valence-corrected chi connectivity index (χ4v) is 3.45. The monoisotopic (exact) mass is 259 g/mol. The van der Waals surface area contributed by atoms with Gasteiger partial charge in [-0.1, -0.05) is 11.6 Å². The van der Waals surface area contributed by atoms with Gasteiger partial charge in [-0.3, -0.25) is 0 Å². The number of thiophene rings is 1. The fraction of sp³-hybridized carbons (Fsp3) is 0.444.